The molecule has 2 amide bonds. The molecule has 1 saturated heterocycles. The third kappa shape index (κ3) is 6.46. The van der Waals surface area contributed by atoms with Crippen molar-refractivity contribution in [1.29, 1.82) is 0 Å². The number of morpholine rings is 1. The Balaban J connectivity index is 1.29. The SMILES string of the molecule is COc1cccc(C2=NN(C(=O)CN(CCN3CCOCC3)C(=O)c3ccccc3Cl)[C@@H](c3ccc4c(c3)OCO4)C2)c1. The van der Waals surface area contributed by atoms with Gasteiger partial charge in [0.1, 0.15) is 12.3 Å². The van der Waals surface area contributed by atoms with Crippen molar-refractivity contribution in [3.05, 3.63) is 88.4 Å². The molecule has 0 unspecified atom stereocenters. The molecular weight excluding hydrogens is 572 g/mol. The largest absolute Gasteiger partial charge is 0.497 e. The second-order valence-corrected chi connectivity index (χ2v) is 10.9. The van der Waals surface area contributed by atoms with Crippen LogP contribution in [0.15, 0.2) is 71.8 Å². The van der Waals surface area contributed by atoms with Crippen molar-refractivity contribution in [2.75, 3.05) is 59.8 Å². The van der Waals surface area contributed by atoms with Gasteiger partial charge in [0.05, 0.1) is 42.7 Å². The summed E-state index contributed by atoms with van der Waals surface area (Å²) >= 11 is 6.41. The molecule has 1 atom stereocenters. The average Bonchev–Trinajstić information content (AvgIpc) is 3.71. The van der Waals surface area contributed by atoms with Gasteiger partial charge in [-0.25, -0.2) is 5.01 Å². The lowest BCUT2D eigenvalue weighted by Gasteiger charge is -2.31. The molecule has 3 aromatic carbocycles. The minimum absolute atomic E-state index is 0.153. The summed E-state index contributed by atoms with van der Waals surface area (Å²) in [6.07, 6.45) is 0.477. The summed E-state index contributed by atoms with van der Waals surface area (Å²) in [6, 6.07) is 19.8. The molecule has 3 aliphatic heterocycles. The van der Waals surface area contributed by atoms with E-state index in [9.17, 15) is 9.59 Å². The topological polar surface area (TPSA) is 93.1 Å². The van der Waals surface area contributed by atoms with Crippen LogP contribution in [-0.2, 0) is 9.53 Å². The van der Waals surface area contributed by atoms with Gasteiger partial charge in [-0.05, 0) is 42.0 Å². The Kier molecular flexibility index (Phi) is 8.78. The van der Waals surface area contributed by atoms with Crippen LogP contribution in [0, 0.1) is 0 Å². The summed E-state index contributed by atoms with van der Waals surface area (Å²) in [6.45, 7) is 3.78. The number of amides is 2. The van der Waals surface area contributed by atoms with Gasteiger partial charge in [0.15, 0.2) is 11.5 Å². The number of benzene rings is 3. The number of carbonyl (C=O) groups excluding carboxylic acids is 2. The van der Waals surface area contributed by atoms with Crippen molar-refractivity contribution in [1.82, 2.24) is 14.8 Å². The molecule has 43 heavy (non-hydrogen) atoms. The van der Waals surface area contributed by atoms with E-state index in [2.05, 4.69) is 4.90 Å². The smallest absolute Gasteiger partial charge is 0.262 e. The quantitative estimate of drug-likeness (QED) is 0.361. The first-order valence-electron chi connectivity index (χ1n) is 14.3. The molecule has 0 saturated carbocycles. The molecule has 0 N–H and O–H groups in total. The number of ether oxygens (including phenoxy) is 4. The number of hydrazone groups is 1. The Morgan fingerprint density at radius 3 is 2.65 bits per heavy atom. The maximum Gasteiger partial charge on any atom is 0.262 e. The van der Waals surface area contributed by atoms with E-state index in [4.69, 9.17) is 35.6 Å². The number of carbonyl (C=O) groups is 2. The molecule has 0 radical (unpaired) electrons. The minimum atomic E-state index is -0.403. The van der Waals surface area contributed by atoms with Crippen LogP contribution in [-0.4, -0.2) is 92.2 Å². The summed E-state index contributed by atoms with van der Waals surface area (Å²) in [5.41, 5.74) is 2.81. The molecule has 3 aromatic rings. The van der Waals surface area contributed by atoms with Crippen molar-refractivity contribution in [2.45, 2.75) is 12.5 Å². The zero-order chi connectivity index (χ0) is 29.8. The van der Waals surface area contributed by atoms with Crippen LogP contribution in [0.3, 0.4) is 0 Å². The summed E-state index contributed by atoms with van der Waals surface area (Å²) in [5, 5.41) is 6.66. The Morgan fingerprint density at radius 2 is 1.84 bits per heavy atom. The molecule has 6 rings (SSSR count). The summed E-state index contributed by atoms with van der Waals surface area (Å²) in [7, 11) is 1.61. The van der Waals surface area contributed by atoms with E-state index in [1.165, 1.54) is 5.01 Å². The zero-order valence-corrected chi connectivity index (χ0v) is 24.7. The number of fused-ring (bicyclic) bond motifs is 1. The van der Waals surface area contributed by atoms with Crippen molar-refractivity contribution < 1.29 is 28.5 Å². The molecule has 3 heterocycles. The Morgan fingerprint density at radius 1 is 1.02 bits per heavy atom. The van der Waals surface area contributed by atoms with Crippen LogP contribution in [0.1, 0.15) is 33.9 Å². The van der Waals surface area contributed by atoms with E-state index in [0.717, 1.165) is 29.9 Å². The van der Waals surface area contributed by atoms with Gasteiger partial charge in [-0.3, -0.25) is 14.5 Å². The van der Waals surface area contributed by atoms with Crippen LogP contribution in [0.5, 0.6) is 17.2 Å². The molecule has 0 aromatic heterocycles. The lowest BCUT2D eigenvalue weighted by Crippen LogP contribution is -2.46. The molecule has 10 nitrogen and oxygen atoms in total. The van der Waals surface area contributed by atoms with Gasteiger partial charge in [0.25, 0.3) is 11.8 Å². The lowest BCUT2D eigenvalue weighted by atomic mass is 9.98. The molecule has 0 bridgehead atoms. The fourth-order valence-electron chi connectivity index (χ4n) is 5.48. The first kappa shape index (κ1) is 29.0. The van der Waals surface area contributed by atoms with Crippen LogP contribution in [0.25, 0.3) is 0 Å². The van der Waals surface area contributed by atoms with Gasteiger partial charge >= 0.3 is 0 Å². The monoisotopic (exact) mass is 604 g/mol. The molecule has 224 valence electrons. The van der Waals surface area contributed by atoms with Gasteiger partial charge in [-0.2, -0.15) is 5.10 Å². The highest BCUT2D eigenvalue weighted by molar-refractivity contribution is 6.33. The second kappa shape index (κ2) is 13.0. The standard InChI is InChI=1S/C32H33ClN4O6/c1-40-24-6-4-5-22(17-24)27-19-28(23-9-10-29-30(18-23)43-21-42-29)37(34-27)31(38)20-36(12-11-35-13-15-41-16-14-35)32(39)25-7-2-3-8-26(25)33/h2-10,17-18,28H,11-16,19-21H2,1H3/t28-/m1/s1. The Labute approximate surface area is 255 Å². The molecular formula is C32H33ClN4O6. The van der Waals surface area contributed by atoms with Gasteiger partial charge < -0.3 is 23.8 Å². The second-order valence-electron chi connectivity index (χ2n) is 10.5. The third-order valence-electron chi connectivity index (χ3n) is 7.86. The van der Waals surface area contributed by atoms with Gasteiger partial charge in [0, 0.05) is 38.2 Å². The van der Waals surface area contributed by atoms with Crippen LogP contribution in [0.4, 0.5) is 0 Å². The van der Waals surface area contributed by atoms with Crippen molar-refractivity contribution in [3.8, 4) is 17.2 Å². The molecule has 3 aliphatic rings. The number of halogens is 1. The van der Waals surface area contributed by atoms with Gasteiger partial charge in [-0.15, -0.1) is 0 Å². The Hall–Kier alpha value is -4.12. The number of hydrogen-bond donors (Lipinski definition) is 0. The molecule has 0 spiro atoms. The van der Waals surface area contributed by atoms with E-state index in [0.29, 0.717) is 60.6 Å². The number of hydrogen-bond acceptors (Lipinski definition) is 8. The highest BCUT2D eigenvalue weighted by atomic mass is 35.5. The summed E-state index contributed by atoms with van der Waals surface area (Å²) in [4.78, 5) is 31.7. The minimum Gasteiger partial charge on any atom is -0.497 e. The fourth-order valence-corrected chi connectivity index (χ4v) is 5.69. The highest BCUT2D eigenvalue weighted by Crippen LogP contribution is 2.39. The fraction of sp³-hybridized carbons (Fsp3) is 0.344. The maximum absolute atomic E-state index is 14.1. The van der Waals surface area contributed by atoms with E-state index in [1.54, 1.807) is 36.3 Å². The van der Waals surface area contributed by atoms with E-state index in [-0.39, 0.29) is 25.2 Å². The molecule has 1 fully saturated rings. The van der Waals surface area contributed by atoms with E-state index < -0.39 is 6.04 Å². The highest BCUT2D eigenvalue weighted by Gasteiger charge is 2.36. The lowest BCUT2D eigenvalue weighted by molar-refractivity contribution is -0.133. The summed E-state index contributed by atoms with van der Waals surface area (Å²) < 4.78 is 22.0. The predicted molar refractivity (Wildman–Crippen MR) is 161 cm³/mol. The van der Waals surface area contributed by atoms with E-state index >= 15 is 0 Å². The Bertz CT molecular complexity index is 1530. The normalized spacial score (nSPS) is 18.0. The maximum atomic E-state index is 14.1. The van der Waals surface area contributed by atoms with Gasteiger partial charge in [-0.1, -0.05) is 41.9 Å². The number of rotatable bonds is 9. The predicted octanol–water partition coefficient (Wildman–Crippen LogP) is 4.23. The van der Waals surface area contributed by atoms with E-state index in [1.807, 2.05) is 42.5 Å². The molecule has 0 aliphatic carbocycles. The van der Waals surface area contributed by atoms with Crippen molar-refractivity contribution in [3.63, 3.8) is 0 Å². The molecule has 11 heteroatoms. The van der Waals surface area contributed by atoms with Gasteiger partial charge in [0.2, 0.25) is 6.79 Å². The average molecular weight is 605 g/mol. The van der Waals surface area contributed by atoms with Crippen molar-refractivity contribution >= 4 is 29.1 Å². The summed E-state index contributed by atoms with van der Waals surface area (Å²) in [5.74, 6) is 1.38. The first-order chi connectivity index (χ1) is 21.0. The number of nitrogens with zero attached hydrogens (tertiary/aromatic N) is 4. The van der Waals surface area contributed by atoms with Crippen LogP contribution >= 0.6 is 11.6 Å². The first-order valence-corrected chi connectivity index (χ1v) is 14.7. The van der Waals surface area contributed by atoms with Crippen LogP contribution in [0.2, 0.25) is 5.02 Å². The van der Waals surface area contributed by atoms with Crippen LogP contribution < -0.4 is 14.2 Å². The third-order valence-corrected chi connectivity index (χ3v) is 8.19. The van der Waals surface area contributed by atoms with Crippen molar-refractivity contribution in [2.24, 2.45) is 5.10 Å². The zero-order valence-electron chi connectivity index (χ0n) is 23.9. The number of methoxy groups -OCH3 is 1.